The number of benzene rings is 2. The van der Waals surface area contributed by atoms with Crippen LogP contribution in [0.4, 0.5) is 10.1 Å². The number of rotatable bonds is 5. The van der Waals surface area contributed by atoms with Crippen LogP contribution in [-0.2, 0) is 11.3 Å². The molecule has 1 amide bonds. The van der Waals surface area contributed by atoms with E-state index in [1.165, 1.54) is 12.1 Å². The van der Waals surface area contributed by atoms with Crippen LogP contribution in [0.3, 0.4) is 0 Å². The smallest absolute Gasteiger partial charge is 0.260 e. The van der Waals surface area contributed by atoms with Crippen LogP contribution in [0.1, 0.15) is 19.4 Å². The lowest BCUT2D eigenvalue weighted by atomic mass is 10.1. The van der Waals surface area contributed by atoms with Crippen molar-refractivity contribution in [1.29, 1.82) is 0 Å². The van der Waals surface area contributed by atoms with Crippen molar-refractivity contribution in [3.05, 3.63) is 58.9 Å². The zero-order valence-corrected chi connectivity index (χ0v) is 16.8. The number of nitrogen functional groups attached to an aromatic ring is 1. The molecule has 0 saturated carbocycles. The molecule has 1 aliphatic heterocycles. The van der Waals surface area contributed by atoms with Crippen LogP contribution in [0.15, 0.2) is 42.5 Å². The maximum Gasteiger partial charge on any atom is 0.260 e. The minimum absolute atomic E-state index is 0.0506. The molecule has 28 heavy (non-hydrogen) atoms. The van der Waals surface area contributed by atoms with Crippen LogP contribution in [0.5, 0.6) is 5.75 Å². The highest BCUT2D eigenvalue weighted by atomic mass is 35.5. The van der Waals surface area contributed by atoms with Crippen LogP contribution < -0.4 is 10.5 Å². The van der Waals surface area contributed by atoms with Crippen molar-refractivity contribution >= 4 is 23.2 Å². The molecule has 0 bridgehead atoms. The maximum absolute atomic E-state index is 13.1. The molecule has 150 valence electrons. The fourth-order valence-corrected chi connectivity index (χ4v) is 3.69. The third kappa shape index (κ3) is 4.94. The number of carbonyl (C=O) groups excluding carboxylic acids is 1. The molecule has 1 aliphatic rings. The van der Waals surface area contributed by atoms with Crippen molar-refractivity contribution in [3.8, 4) is 5.75 Å². The molecule has 0 aromatic heterocycles. The fraction of sp³-hybridized carbons (Fsp3) is 0.381. The molecule has 1 heterocycles. The number of anilines is 1. The van der Waals surface area contributed by atoms with E-state index in [4.69, 9.17) is 22.1 Å². The number of amides is 1. The molecular weight excluding hydrogens is 381 g/mol. The van der Waals surface area contributed by atoms with Crippen LogP contribution in [0.25, 0.3) is 0 Å². The monoisotopic (exact) mass is 405 g/mol. The number of halogens is 2. The summed E-state index contributed by atoms with van der Waals surface area (Å²) in [7, 11) is 0. The van der Waals surface area contributed by atoms with Crippen LogP contribution in [0, 0.1) is 5.82 Å². The number of nitrogens with zero attached hydrogens (tertiary/aromatic N) is 2. The van der Waals surface area contributed by atoms with Crippen molar-refractivity contribution in [2.45, 2.75) is 32.5 Å². The second-order valence-corrected chi connectivity index (χ2v) is 7.69. The van der Waals surface area contributed by atoms with E-state index in [2.05, 4.69) is 11.8 Å². The van der Waals surface area contributed by atoms with Crippen molar-refractivity contribution < 1.29 is 13.9 Å². The van der Waals surface area contributed by atoms with E-state index in [1.54, 1.807) is 30.3 Å². The Balaban J connectivity index is 1.57. The Morgan fingerprint density at radius 3 is 2.57 bits per heavy atom. The Morgan fingerprint density at radius 2 is 1.89 bits per heavy atom. The number of nitrogens with two attached hydrogens (primary N) is 1. The van der Waals surface area contributed by atoms with E-state index in [-0.39, 0.29) is 30.4 Å². The van der Waals surface area contributed by atoms with Gasteiger partial charge in [-0.1, -0.05) is 23.7 Å². The fourth-order valence-electron chi connectivity index (χ4n) is 3.45. The second-order valence-electron chi connectivity index (χ2n) is 7.28. The first-order valence-electron chi connectivity index (χ1n) is 9.29. The Kier molecular flexibility index (Phi) is 6.42. The van der Waals surface area contributed by atoms with E-state index in [0.717, 1.165) is 18.7 Å². The van der Waals surface area contributed by atoms with Crippen molar-refractivity contribution in [2.75, 3.05) is 25.4 Å². The zero-order valence-electron chi connectivity index (χ0n) is 16.1. The van der Waals surface area contributed by atoms with Crippen LogP contribution in [0.2, 0.25) is 5.02 Å². The SMILES string of the molecule is CC1CN(C(=O)COc2ccc(N)cc2Cl)C(C)CN1Cc1ccc(F)cc1. The molecule has 0 aliphatic carbocycles. The molecule has 5 nitrogen and oxygen atoms in total. The summed E-state index contributed by atoms with van der Waals surface area (Å²) in [5.41, 5.74) is 7.27. The van der Waals surface area contributed by atoms with Gasteiger partial charge in [-0.05, 0) is 49.7 Å². The Morgan fingerprint density at radius 1 is 1.18 bits per heavy atom. The van der Waals surface area contributed by atoms with Gasteiger partial charge in [-0.15, -0.1) is 0 Å². The highest BCUT2D eigenvalue weighted by molar-refractivity contribution is 6.32. The molecule has 2 aromatic carbocycles. The van der Waals surface area contributed by atoms with Gasteiger partial charge in [0, 0.05) is 37.4 Å². The normalized spacial score (nSPS) is 20.2. The van der Waals surface area contributed by atoms with Gasteiger partial charge in [-0.25, -0.2) is 4.39 Å². The molecule has 2 aromatic rings. The summed E-state index contributed by atoms with van der Waals surface area (Å²) in [6.45, 7) is 6.13. The molecule has 7 heteroatoms. The lowest BCUT2D eigenvalue weighted by molar-refractivity contribution is -0.139. The molecule has 3 rings (SSSR count). The van der Waals surface area contributed by atoms with Gasteiger partial charge in [-0.2, -0.15) is 0 Å². The first-order valence-corrected chi connectivity index (χ1v) is 9.67. The minimum atomic E-state index is -0.234. The number of piperazine rings is 1. The zero-order chi connectivity index (χ0) is 20.3. The quantitative estimate of drug-likeness (QED) is 0.773. The number of hydrogen-bond donors (Lipinski definition) is 1. The molecular formula is C21H25ClFN3O2. The highest BCUT2D eigenvalue weighted by Crippen LogP contribution is 2.26. The van der Waals surface area contributed by atoms with Crippen molar-refractivity contribution in [1.82, 2.24) is 9.80 Å². The van der Waals surface area contributed by atoms with E-state index in [9.17, 15) is 9.18 Å². The largest absolute Gasteiger partial charge is 0.482 e. The third-order valence-corrected chi connectivity index (χ3v) is 5.34. The predicted molar refractivity (Wildman–Crippen MR) is 109 cm³/mol. The predicted octanol–water partition coefficient (Wildman–Crippen LogP) is 3.56. The molecule has 0 radical (unpaired) electrons. The molecule has 2 N–H and O–H groups in total. The summed E-state index contributed by atoms with van der Waals surface area (Å²) < 4.78 is 18.7. The first-order chi connectivity index (χ1) is 13.3. The molecule has 2 atom stereocenters. The number of ether oxygens (including phenoxy) is 1. The maximum atomic E-state index is 13.1. The van der Waals surface area contributed by atoms with Gasteiger partial charge in [0.15, 0.2) is 6.61 Å². The summed E-state index contributed by atoms with van der Waals surface area (Å²) in [5, 5.41) is 0.387. The van der Waals surface area contributed by atoms with Gasteiger partial charge < -0.3 is 15.4 Å². The lowest BCUT2D eigenvalue weighted by Gasteiger charge is -2.44. The topological polar surface area (TPSA) is 58.8 Å². The van der Waals surface area contributed by atoms with E-state index in [1.807, 2.05) is 11.8 Å². The van der Waals surface area contributed by atoms with Gasteiger partial charge in [0.05, 0.1) is 5.02 Å². The Hall–Kier alpha value is -2.31. The summed E-state index contributed by atoms with van der Waals surface area (Å²) in [6.07, 6.45) is 0. The first kappa shape index (κ1) is 20.4. The van der Waals surface area contributed by atoms with Crippen LogP contribution >= 0.6 is 11.6 Å². The summed E-state index contributed by atoms with van der Waals surface area (Å²) >= 11 is 6.10. The van der Waals surface area contributed by atoms with Gasteiger partial charge in [0.1, 0.15) is 11.6 Å². The molecule has 2 unspecified atom stereocenters. The average molecular weight is 406 g/mol. The molecule has 0 spiro atoms. The lowest BCUT2D eigenvalue weighted by Crippen LogP contribution is -2.58. The summed E-state index contributed by atoms with van der Waals surface area (Å²) in [5.74, 6) is 0.135. The third-order valence-electron chi connectivity index (χ3n) is 5.04. The minimum Gasteiger partial charge on any atom is -0.482 e. The Labute approximate surface area is 169 Å². The summed E-state index contributed by atoms with van der Waals surface area (Å²) in [4.78, 5) is 16.8. The van der Waals surface area contributed by atoms with Crippen LogP contribution in [-0.4, -0.2) is 47.5 Å². The standard InChI is InChI=1S/C21H25ClFN3O2/c1-14-11-26(21(27)13-28-20-8-7-18(24)9-19(20)22)15(2)10-25(14)12-16-3-5-17(23)6-4-16/h3-9,14-15H,10-13,24H2,1-2H3. The van der Waals surface area contributed by atoms with E-state index >= 15 is 0 Å². The van der Waals surface area contributed by atoms with Crippen molar-refractivity contribution in [3.63, 3.8) is 0 Å². The summed E-state index contributed by atoms with van der Waals surface area (Å²) in [6, 6.07) is 11.7. The average Bonchev–Trinajstić information content (AvgIpc) is 2.65. The van der Waals surface area contributed by atoms with Gasteiger partial charge in [-0.3, -0.25) is 9.69 Å². The number of carbonyl (C=O) groups is 1. The van der Waals surface area contributed by atoms with Gasteiger partial charge >= 0.3 is 0 Å². The Bertz CT molecular complexity index is 831. The highest BCUT2D eigenvalue weighted by Gasteiger charge is 2.32. The number of hydrogen-bond acceptors (Lipinski definition) is 4. The molecule has 1 fully saturated rings. The van der Waals surface area contributed by atoms with Gasteiger partial charge in [0.25, 0.3) is 5.91 Å². The van der Waals surface area contributed by atoms with Gasteiger partial charge in [0.2, 0.25) is 0 Å². The van der Waals surface area contributed by atoms with E-state index in [0.29, 0.717) is 23.0 Å². The second kappa shape index (κ2) is 8.80. The van der Waals surface area contributed by atoms with Crippen molar-refractivity contribution in [2.24, 2.45) is 0 Å². The van der Waals surface area contributed by atoms with E-state index < -0.39 is 0 Å². The molecule has 1 saturated heterocycles.